The Morgan fingerprint density at radius 3 is 3.21 bits per heavy atom. The fourth-order valence-electron chi connectivity index (χ4n) is 2.28. The van der Waals surface area contributed by atoms with Crippen molar-refractivity contribution in [3.63, 3.8) is 0 Å². The molecule has 2 aromatic rings. The van der Waals surface area contributed by atoms with Crippen molar-refractivity contribution >= 4 is 0 Å². The van der Waals surface area contributed by atoms with Crippen LogP contribution in [0.5, 0.6) is 5.75 Å². The zero-order valence-corrected chi connectivity index (χ0v) is 11.1. The summed E-state index contributed by atoms with van der Waals surface area (Å²) in [4.78, 5) is 8.72. The fourth-order valence-corrected chi connectivity index (χ4v) is 2.28. The van der Waals surface area contributed by atoms with Gasteiger partial charge in [-0.3, -0.25) is 4.98 Å². The number of fused-ring (bicyclic) bond motifs is 1. The van der Waals surface area contributed by atoms with Crippen LogP contribution in [0.2, 0.25) is 0 Å². The molecule has 2 aromatic heterocycles. The second kappa shape index (κ2) is 5.40. The van der Waals surface area contributed by atoms with Crippen LogP contribution in [0.3, 0.4) is 0 Å². The van der Waals surface area contributed by atoms with Crippen LogP contribution >= 0.6 is 0 Å². The fraction of sp³-hybridized carbons (Fsp3) is 0.429. The average molecular weight is 258 g/mol. The highest BCUT2D eigenvalue weighted by atomic mass is 16.5. The first-order valence-corrected chi connectivity index (χ1v) is 6.72. The van der Waals surface area contributed by atoms with E-state index in [9.17, 15) is 0 Å². The molecule has 0 aliphatic carbocycles. The number of ether oxygens (including phenoxy) is 1. The molecule has 100 valence electrons. The van der Waals surface area contributed by atoms with Crippen LogP contribution in [0.15, 0.2) is 24.7 Å². The molecule has 0 unspecified atom stereocenters. The van der Waals surface area contributed by atoms with E-state index in [-0.39, 0.29) is 0 Å². The van der Waals surface area contributed by atoms with E-state index in [0.717, 1.165) is 55.5 Å². The number of nitrogens with one attached hydrogen (secondary N) is 1. The Balaban J connectivity index is 1.91. The maximum absolute atomic E-state index is 5.63. The molecule has 5 heteroatoms. The van der Waals surface area contributed by atoms with E-state index in [4.69, 9.17) is 4.74 Å². The molecule has 0 radical (unpaired) electrons. The second-order valence-electron chi connectivity index (χ2n) is 4.65. The molecule has 1 N–H and O–H groups in total. The van der Waals surface area contributed by atoms with Crippen molar-refractivity contribution in [2.24, 2.45) is 0 Å². The Kier molecular flexibility index (Phi) is 3.46. The summed E-state index contributed by atoms with van der Waals surface area (Å²) in [5.41, 5.74) is 2.18. The third-order valence-electron chi connectivity index (χ3n) is 3.22. The Morgan fingerprint density at radius 1 is 1.37 bits per heavy atom. The minimum Gasteiger partial charge on any atom is -0.492 e. The molecule has 1 aliphatic rings. The van der Waals surface area contributed by atoms with Crippen LogP contribution in [-0.4, -0.2) is 27.7 Å². The first kappa shape index (κ1) is 12.2. The van der Waals surface area contributed by atoms with E-state index in [1.54, 1.807) is 6.20 Å². The Bertz CT molecular complexity index is 564. The summed E-state index contributed by atoms with van der Waals surface area (Å²) in [6.45, 7) is 5.58. The number of hydrogen-bond donors (Lipinski definition) is 1. The van der Waals surface area contributed by atoms with Gasteiger partial charge in [-0.15, -0.1) is 0 Å². The molecule has 5 nitrogen and oxygen atoms in total. The van der Waals surface area contributed by atoms with Crippen molar-refractivity contribution in [1.82, 2.24) is 19.9 Å². The number of hydrogen-bond acceptors (Lipinski definition) is 4. The Morgan fingerprint density at radius 2 is 2.32 bits per heavy atom. The van der Waals surface area contributed by atoms with Gasteiger partial charge < -0.3 is 14.6 Å². The summed E-state index contributed by atoms with van der Waals surface area (Å²) in [7, 11) is 0. The van der Waals surface area contributed by atoms with E-state index < -0.39 is 0 Å². The lowest BCUT2D eigenvalue weighted by atomic mass is 10.2. The zero-order chi connectivity index (χ0) is 13.1. The van der Waals surface area contributed by atoms with Gasteiger partial charge in [-0.2, -0.15) is 0 Å². The van der Waals surface area contributed by atoms with Crippen molar-refractivity contribution in [1.29, 1.82) is 0 Å². The summed E-state index contributed by atoms with van der Waals surface area (Å²) < 4.78 is 7.88. The Hall–Kier alpha value is -1.88. The highest BCUT2D eigenvalue weighted by molar-refractivity contribution is 5.60. The summed E-state index contributed by atoms with van der Waals surface area (Å²) in [5.74, 6) is 1.91. The monoisotopic (exact) mass is 258 g/mol. The van der Waals surface area contributed by atoms with Crippen molar-refractivity contribution < 1.29 is 4.74 Å². The summed E-state index contributed by atoms with van der Waals surface area (Å²) in [6.07, 6.45) is 6.54. The van der Waals surface area contributed by atoms with Gasteiger partial charge in [0.05, 0.1) is 31.2 Å². The molecule has 0 amide bonds. The minimum absolute atomic E-state index is 0.722. The van der Waals surface area contributed by atoms with Gasteiger partial charge in [-0.25, -0.2) is 4.98 Å². The maximum atomic E-state index is 5.63. The van der Waals surface area contributed by atoms with Gasteiger partial charge in [-0.1, -0.05) is 6.92 Å². The van der Waals surface area contributed by atoms with Gasteiger partial charge in [0.15, 0.2) is 0 Å². The standard InChI is InChI=1S/C14H18N4O/c1-2-5-19-12-6-11(7-16-8-12)13-9-17-14-10-15-3-4-18(13)14/h6-9,15H,2-5,10H2,1H3. The largest absolute Gasteiger partial charge is 0.492 e. The summed E-state index contributed by atoms with van der Waals surface area (Å²) >= 11 is 0. The molecular formula is C14H18N4O. The van der Waals surface area contributed by atoms with E-state index in [1.807, 2.05) is 18.5 Å². The van der Waals surface area contributed by atoms with Gasteiger partial charge in [0.25, 0.3) is 0 Å². The van der Waals surface area contributed by atoms with Gasteiger partial charge in [0.2, 0.25) is 0 Å². The first-order chi connectivity index (χ1) is 9.38. The molecule has 3 rings (SSSR count). The summed E-state index contributed by atoms with van der Waals surface area (Å²) in [5, 5.41) is 3.32. The maximum Gasteiger partial charge on any atom is 0.138 e. The van der Waals surface area contributed by atoms with E-state index in [0.29, 0.717) is 0 Å². The lowest BCUT2D eigenvalue weighted by Gasteiger charge is -2.17. The van der Waals surface area contributed by atoms with Crippen molar-refractivity contribution in [2.45, 2.75) is 26.4 Å². The Labute approximate surface area is 112 Å². The van der Waals surface area contributed by atoms with Crippen LogP contribution < -0.4 is 10.1 Å². The van der Waals surface area contributed by atoms with Crippen LogP contribution in [-0.2, 0) is 13.1 Å². The van der Waals surface area contributed by atoms with E-state index in [1.165, 1.54) is 0 Å². The molecule has 0 saturated heterocycles. The molecule has 1 aliphatic heterocycles. The van der Waals surface area contributed by atoms with Crippen LogP contribution in [0.4, 0.5) is 0 Å². The number of imidazole rings is 1. The molecule has 0 atom stereocenters. The molecular weight excluding hydrogens is 240 g/mol. The molecule has 0 fully saturated rings. The number of aromatic nitrogens is 3. The van der Waals surface area contributed by atoms with Gasteiger partial charge in [0, 0.05) is 24.8 Å². The van der Waals surface area contributed by atoms with Gasteiger partial charge >= 0.3 is 0 Å². The third kappa shape index (κ3) is 2.46. The molecule has 0 aromatic carbocycles. The molecule has 0 saturated carbocycles. The predicted molar refractivity (Wildman–Crippen MR) is 73.0 cm³/mol. The highest BCUT2D eigenvalue weighted by Gasteiger charge is 2.15. The highest BCUT2D eigenvalue weighted by Crippen LogP contribution is 2.24. The quantitative estimate of drug-likeness (QED) is 0.909. The van der Waals surface area contributed by atoms with Gasteiger partial charge in [-0.05, 0) is 12.5 Å². The normalized spacial score (nSPS) is 14.2. The summed E-state index contributed by atoms with van der Waals surface area (Å²) in [6, 6.07) is 2.04. The smallest absolute Gasteiger partial charge is 0.138 e. The SMILES string of the molecule is CCCOc1cncc(-c2cnc3n2CCNC3)c1. The van der Waals surface area contributed by atoms with E-state index >= 15 is 0 Å². The van der Waals surface area contributed by atoms with Crippen molar-refractivity contribution in [3.05, 3.63) is 30.5 Å². The molecule has 0 bridgehead atoms. The lowest BCUT2D eigenvalue weighted by Crippen LogP contribution is -2.28. The minimum atomic E-state index is 0.722. The third-order valence-corrected chi connectivity index (χ3v) is 3.22. The van der Waals surface area contributed by atoms with Gasteiger partial charge in [0.1, 0.15) is 11.6 Å². The average Bonchev–Trinajstić information content (AvgIpc) is 2.89. The van der Waals surface area contributed by atoms with Crippen molar-refractivity contribution in [2.75, 3.05) is 13.2 Å². The predicted octanol–water partition coefficient (Wildman–Crippen LogP) is 1.84. The molecule has 19 heavy (non-hydrogen) atoms. The zero-order valence-electron chi connectivity index (χ0n) is 11.1. The van der Waals surface area contributed by atoms with Crippen LogP contribution in [0.1, 0.15) is 19.2 Å². The number of pyridine rings is 1. The number of nitrogens with zero attached hydrogens (tertiary/aromatic N) is 3. The first-order valence-electron chi connectivity index (χ1n) is 6.72. The lowest BCUT2D eigenvalue weighted by molar-refractivity contribution is 0.316. The van der Waals surface area contributed by atoms with Crippen LogP contribution in [0, 0.1) is 0 Å². The van der Waals surface area contributed by atoms with Crippen LogP contribution in [0.25, 0.3) is 11.3 Å². The second-order valence-corrected chi connectivity index (χ2v) is 4.65. The van der Waals surface area contributed by atoms with Crippen molar-refractivity contribution in [3.8, 4) is 17.0 Å². The topological polar surface area (TPSA) is 52.0 Å². The number of rotatable bonds is 4. The van der Waals surface area contributed by atoms with E-state index in [2.05, 4.69) is 26.8 Å². The molecule has 3 heterocycles. The molecule has 0 spiro atoms.